The molecule has 0 saturated heterocycles. The van der Waals surface area contributed by atoms with E-state index in [4.69, 9.17) is 0 Å². The van der Waals surface area contributed by atoms with Crippen molar-refractivity contribution in [2.24, 2.45) is 5.92 Å². The van der Waals surface area contributed by atoms with Crippen LogP contribution in [0.4, 0.5) is 13.2 Å². The molecule has 1 fully saturated rings. The fourth-order valence-electron chi connectivity index (χ4n) is 1.60. The summed E-state index contributed by atoms with van der Waals surface area (Å²) in [5, 5.41) is 0. The average molecular weight is 267 g/mol. The first kappa shape index (κ1) is 14.6. The molecule has 0 spiro atoms. The van der Waals surface area contributed by atoms with E-state index in [2.05, 4.69) is 12.5 Å². The third kappa shape index (κ3) is 5.61. The van der Waals surface area contributed by atoms with E-state index in [1.54, 1.807) is 0 Å². The van der Waals surface area contributed by atoms with E-state index in [1.165, 1.54) is 0 Å². The highest BCUT2D eigenvalue weighted by Crippen LogP contribution is 2.39. The van der Waals surface area contributed by atoms with Gasteiger partial charge in [0.2, 0.25) is 5.78 Å². The summed E-state index contributed by atoms with van der Waals surface area (Å²) in [6.07, 6.45) is 3.59. The molecule has 0 aromatic rings. The van der Waals surface area contributed by atoms with Gasteiger partial charge in [-0.15, -0.1) is 0 Å². The van der Waals surface area contributed by atoms with Gasteiger partial charge in [0.1, 0.15) is 5.75 Å². The Kier molecular flexibility index (Phi) is 5.10. The van der Waals surface area contributed by atoms with Gasteiger partial charge >= 0.3 is 6.18 Å². The van der Waals surface area contributed by atoms with Crippen LogP contribution >= 0.6 is 0 Å². The van der Waals surface area contributed by atoms with Gasteiger partial charge < -0.3 is 0 Å². The standard InChI is InChI=1S/C12H18F3OS/c1-17(2)7-3-4-10(9-5-6-9)8-11(16)12(13,14)15/h4,9H,3,5-8H2,1-2H3/q+1/b10-4-. The van der Waals surface area contributed by atoms with Crippen LogP contribution < -0.4 is 0 Å². The molecule has 0 radical (unpaired) electrons. The van der Waals surface area contributed by atoms with E-state index in [0.717, 1.165) is 25.0 Å². The number of alkyl halides is 3. The van der Waals surface area contributed by atoms with Gasteiger partial charge in [-0.25, -0.2) is 0 Å². The smallest absolute Gasteiger partial charge is 0.289 e. The molecule has 0 bridgehead atoms. The Morgan fingerprint density at radius 2 is 1.94 bits per heavy atom. The highest BCUT2D eigenvalue weighted by Gasteiger charge is 2.40. The van der Waals surface area contributed by atoms with Crippen LogP contribution in [0.1, 0.15) is 25.7 Å². The summed E-state index contributed by atoms with van der Waals surface area (Å²) in [7, 11) is 0.294. The Balaban J connectivity index is 2.52. The average Bonchev–Trinajstić information content (AvgIpc) is 2.96. The van der Waals surface area contributed by atoms with Crippen LogP contribution in [0.5, 0.6) is 0 Å². The van der Waals surface area contributed by atoms with Crippen LogP contribution in [-0.2, 0) is 15.7 Å². The number of Topliss-reactive ketones (excluding diaryl/α,β-unsaturated/α-hetero) is 1. The molecule has 98 valence electrons. The second-order valence-electron chi connectivity index (χ2n) is 4.63. The highest BCUT2D eigenvalue weighted by molar-refractivity contribution is 7.95. The maximum absolute atomic E-state index is 12.2. The predicted octanol–water partition coefficient (Wildman–Crippen LogP) is 3.11. The number of carbonyl (C=O) groups is 1. The fraction of sp³-hybridized carbons (Fsp3) is 0.750. The van der Waals surface area contributed by atoms with E-state index in [0.29, 0.717) is 16.5 Å². The van der Waals surface area contributed by atoms with Gasteiger partial charge in [0.15, 0.2) is 0 Å². The van der Waals surface area contributed by atoms with Crippen molar-refractivity contribution < 1.29 is 18.0 Å². The number of allylic oxidation sites excluding steroid dienone is 2. The monoisotopic (exact) mass is 267 g/mol. The number of carbonyl (C=O) groups excluding carboxylic acids is 1. The van der Waals surface area contributed by atoms with Crippen molar-refractivity contribution in [3.05, 3.63) is 11.6 Å². The zero-order chi connectivity index (χ0) is 13.1. The molecule has 0 heterocycles. The van der Waals surface area contributed by atoms with Crippen molar-refractivity contribution in [2.75, 3.05) is 18.3 Å². The summed E-state index contributed by atoms with van der Waals surface area (Å²) in [5.41, 5.74) is 0.706. The van der Waals surface area contributed by atoms with Crippen molar-refractivity contribution >= 4 is 16.7 Å². The third-order valence-corrected chi connectivity index (χ3v) is 3.77. The number of rotatable bonds is 6. The summed E-state index contributed by atoms with van der Waals surface area (Å²) in [5.74, 6) is -0.393. The molecule has 1 aliphatic rings. The van der Waals surface area contributed by atoms with E-state index in [-0.39, 0.29) is 5.92 Å². The molecule has 0 aromatic heterocycles. The first-order valence-corrected chi connectivity index (χ1v) is 7.85. The van der Waals surface area contributed by atoms with Crippen LogP contribution in [0.25, 0.3) is 0 Å². The van der Waals surface area contributed by atoms with Crippen molar-refractivity contribution in [2.45, 2.75) is 31.9 Å². The maximum atomic E-state index is 12.2. The molecule has 1 saturated carbocycles. The molecule has 0 atom stereocenters. The molecule has 0 N–H and O–H groups in total. The summed E-state index contributed by atoms with van der Waals surface area (Å²) in [4.78, 5) is 10.9. The van der Waals surface area contributed by atoms with Gasteiger partial charge in [0.25, 0.3) is 0 Å². The molecule has 5 heteroatoms. The van der Waals surface area contributed by atoms with Crippen LogP contribution in [0.3, 0.4) is 0 Å². The Hall–Kier alpha value is -0.450. The Morgan fingerprint density at radius 1 is 1.35 bits per heavy atom. The van der Waals surface area contributed by atoms with E-state index >= 15 is 0 Å². The molecule has 17 heavy (non-hydrogen) atoms. The molecule has 1 nitrogen and oxygen atoms in total. The van der Waals surface area contributed by atoms with Crippen LogP contribution in [-0.4, -0.2) is 30.2 Å². The summed E-state index contributed by atoms with van der Waals surface area (Å²) in [6.45, 7) is 0. The summed E-state index contributed by atoms with van der Waals surface area (Å²) < 4.78 is 36.5. The van der Waals surface area contributed by atoms with Crippen molar-refractivity contribution in [3.63, 3.8) is 0 Å². The van der Waals surface area contributed by atoms with Gasteiger partial charge in [-0.2, -0.15) is 13.2 Å². The zero-order valence-electron chi connectivity index (χ0n) is 10.1. The normalized spacial score (nSPS) is 17.6. The largest absolute Gasteiger partial charge is 0.450 e. The predicted molar refractivity (Wildman–Crippen MR) is 65.2 cm³/mol. The zero-order valence-corrected chi connectivity index (χ0v) is 11.0. The first-order valence-electron chi connectivity index (χ1n) is 5.64. The first-order chi connectivity index (χ1) is 7.80. The summed E-state index contributed by atoms with van der Waals surface area (Å²) >= 11 is 0. The highest BCUT2D eigenvalue weighted by atomic mass is 32.2. The lowest BCUT2D eigenvalue weighted by molar-refractivity contribution is -0.170. The van der Waals surface area contributed by atoms with Gasteiger partial charge in [-0.05, 0) is 29.7 Å². The second kappa shape index (κ2) is 5.94. The van der Waals surface area contributed by atoms with Gasteiger partial charge in [0.05, 0.1) is 12.5 Å². The number of hydrogen-bond acceptors (Lipinski definition) is 1. The molecule has 1 aliphatic carbocycles. The quantitative estimate of drug-likeness (QED) is 0.534. The van der Waals surface area contributed by atoms with Crippen LogP contribution in [0, 0.1) is 5.92 Å². The Bertz CT molecular complexity index is 303. The van der Waals surface area contributed by atoms with Gasteiger partial charge in [-0.1, -0.05) is 11.6 Å². The second-order valence-corrected chi connectivity index (χ2v) is 7.01. The van der Waals surface area contributed by atoms with Gasteiger partial charge in [-0.3, -0.25) is 4.79 Å². The minimum Gasteiger partial charge on any atom is -0.289 e. The van der Waals surface area contributed by atoms with Crippen LogP contribution in [0.2, 0.25) is 0 Å². The summed E-state index contributed by atoms with van der Waals surface area (Å²) in [6, 6.07) is 0. The SMILES string of the molecule is C[S+](C)CC/C=C(/CC(=O)C(F)(F)F)C1CC1. The van der Waals surface area contributed by atoms with Crippen molar-refractivity contribution in [1.29, 1.82) is 0 Å². The lowest BCUT2D eigenvalue weighted by atomic mass is 10.0. The van der Waals surface area contributed by atoms with Gasteiger partial charge in [0, 0.05) is 12.8 Å². The third-order valence-electron chi connectivity index (χ3n) is 2.72. The minimum absolute atomic E-state index is 0.233. The van der Waals surface area contributed by atoms with E-state index in [1.807, 2.05) is 6.08 Å². The minimum atomic E-state index is -4.69. The molecule has 0 aliphatic heterocycles. The Labute approximate surface area is 103 Å². The number of ketones is 1. The topological polar surface area (TPSA) is 17.1 Å². The number of hydrogen-bond donors (Lipinski definition) is 0. The molecule has 0 aromatic carbocycles. The molecule has 0 amide bonds. The van der Waals surface area contributed by atoms with E-state index < -0.39 is 18.4 Å². The Morgan fingerprint density at radius 3 is 2.35 bits per heavy atom. The molecule has 1 rings (SSSR count). The van der Waals surface area contributed by atoms with E-state index in [9.17, 15) is 18.0 Å². The molecular weight excluding hydrogens is 249 g/mol. The maximum Gasteiger partial charge on any atom is 0.450 e. The molecular formula is C12H18F3OS+. The van der Waals surface area contributed by atoms with Crippen molar-refractivity contribution in [3.8, 4) is 0 Å². The lowest BCUT2D eigenvalue weighted by Gasteiger charge is -2.08. The number of halogens is 3. The molecule has 0 unspecified atom stereocenters. The van der Waals surface area contributed by atoms with Crippen LogP contribution in [0.15, 0.2) is 11.6 Å². The lowest BCUT2D eigenvalue weighted by Crippen LogP contribution is -2.23. The van der Waals surface area contributed by atoms with Crippen molar-refractivity contribution in [1.82, 2.24) is 0 Å². The fourth-order valence-corrected chi connectivity index (χ4v) is 2.19.